The first-order chi connectivity index (χ1) is 11.1. The van der Waals surface area contributed by atoms with Gasteiger partial charge in [-0.3, -0.25) is 4.98 Å². The standard InChI is InChI=1S/C17H21FN2O3/c1-4-20(5-2)8-9-23-17(21)13-10-12-6-7-14(22-3)15(18)16(12)19-11-13/h6-7,10-11H,4-5,8-9H2,1-3H3. The SMILES string of the molecule is CCN(CC)CCOC(=O)c1cnc2c(F)c(OC)ccc2c1. The predicted molar refractivity (Wildman–Crippen MR) is 86.3 cm³/mol. The normalized spacial score (nSPS) is 11.0. The number of ether oxygens (including phenoxy) is 2. The molecule has 0 spiro atoms. The van der Waals surface area contributed by atoms with E-state index in [2.05, 4.69) is 23.7 Å². The molecule has 1 heterocycles. The Bertz CT molecular complexity index is 687. The number of nitrogens with zero attached hydrogens (tertiary/aromatic N) is 2. The van der Waals surface area contributed by atoms with Crippen molar-refractivity contribution >= 4 is 16.9 Å². The zero-order chi connectivity index (χ0) is 16.8. The van der Waals surface area contributed by atoms with Gasteiger partial charge < -0.3 is 14.4 Å². The molecule has 0 aliphatic carbocycles. The maximum absolute atomic E-state index is 14.1. The number of halogens is 1. The molecule has 0 bridgehead atoms. The molecule has 0 saturated heterocycles. The van der Waals surface area contributed by atoms with Gasteiger partial charge in [0.25, 0.3) is 0 Å². The van der Waals surface area contributed by atoms with Crippen molar-refractivity contribution in [2.45, 2.75) is 13.8 Å². The number of aromatic nitrogens is 1. The molecule has 0 radical (unpaired) electrons. The number of rotatable bonds is 7. The molecule has 0 aliphatic heterocycles. The minimum atomic E-state index is -0.536. The van der Waals surface area contributed by atoms with Crippen molar-refractivity contribution in [2.75, 3.05) is 33.4 Å². The lowest BCUT2D eigenvalue weighted by Gasteiger charge is -2.17. The molecule has 0 fully saturated rings. The summed E-state index contributed by atoms with van der Waals surface area (Å²) in [4.78, 5) is 18.2. The van der Waals surface area contributed by atoms with Gasteiger partial charge in [-0.05, 0) is 31.3 Å². The van der Waals surface area contributed by atoms with Crippen LogP contribution in [0.1, 0.15) is 24.2 Å². The van der Waals surface area contributed by atoms with Crippen LogP contribution in [0.15, 0.2) is 24.4 Å². The highest BCUT2D eigenvalue weighted by Crippen LogP contribution is 2.25. The lowest BCUT2D eigenvalue weighted by molar-refractivity contribution is 0.0466. The molecule has 0 aliphatic rings. The first kappa shape index (κ1) is 17.1. The topological polar surface area (TPSA) is 51.7 Å². The molecule has 5 nitrogen and oxygen atoms in total. The van der Waals surface area contributed by atoms with Gasteiger partial charge in [-0.25, -0.2) is 9.18 Å². The average molecular weight is 320 g/mol. The van der Waals surface area contributed by atoms with E-state index in [0.29, 0.717) is 24.1 Å². The van der Waals surface area contributed by atoms with Crippen molar-refractivity contribution in [3.05, 3.63) is 35.8 Å². The molecule has 6 heteroatoms. The highest BCUT2D eigenvalue weighted by Gasteiger charge is 2.13. The largest absolute Gasteiger partial charge is 0.494 e. The third-order valence-electron chi connectivity index (χ3n) is 3.75. The van der Waals surface area contributed by atoms with E-state index in [4.69, 9.17) is 9.47 Å². The van der Waals surface area contributed by atoms with Crippen molar-refractivity contribution < 1.29 is 18.7 Å². The number of esters is 1. The summed E-state index contributed by atoms with van der Waals surface area (Å²) in [5.41, 5.74) is 0.477. The molecule has 1 aromatic carbocycles. The fourth-order valence-corrected chi connectivity index (χ4v) is 2.31. The average Bonchev–Trinajstić information content (AvgIpc) is 2.58. The Balaban J connectivity index is 2.10. The first-order valence-corrected chi connectivity index (χ1v) is 7.62. The summed E-state index contributed by atoms with van der Waals surface area (Å²) in [7, 11) is 1.39. The Labute approximate surface area is 135 Å². The van der Waals surface area contributed by atoms with Crippen molar-refractivity contribution in [1.29, 1.82) is 0 Å². The van der Waals surface area contributed by atoms with Crippen LogP contribution in [0.4, 0.5) is 4.39 Å². The highest BCUT2D eigenvalue weighted by molar-refractivity contribution is 5.94. The van der Waals surface area contributed by atoms with Gasteiger partial charge >= 0.3 is 5.97 Å². The van der Waals surface area contributed by atoms with E-state index in [0.717, 1.165) is 13.1 Å². The van der Waals surface area contributed by atoms with Crippen molar-refractivity contribution in [1.82, 2.24) is 9.88 Å². The number of hydrogen-bond acceptors (Lipinski definition) is 5. The quantitative estimate of drug-likeness (QED) is 0.734. The predicted octanol–water partition coefficient (Wildman–Crippen LogP) is 2.88. The molecule has 23 heavy (non-hydrogen) atoms. The molecule has 124 valence electrons. The first-order valence-electron chi connectivity index (χ1n) is 7.62. The molecule has 0 amide bonds. The van der Waals surface area contributed by atoms with Crippen LogP contribution in [0.25, 0.3) is 10.9 Å². The van der Waals surface area contributed by atoms with Gasteiger partial charge in [0.2, 0.25) is 0 Å². The van der Waals surface area contributed by atoms with E-state index in [1.54, 1.807) is 12.1 Å². The molecule has 0 N–H and O–H groups in total. The Kier molecular flexibility index (Phi) is 5.87. The van der Waals surface area contributed by atoms with E-state index in [1.807, 2.05) is 0 Å². The van der Waals surface area contributed by atoms with E-state index in [-0.39, 0.29) is 11.3 Å². The van der Waals surface area contributed by atoms with Crippen LogP contribution < -0.4 is 4.74 Å². The van der Waals surface area contributed by atoms with Crippen LogP contribution in [0, 0.1) is 5.82 Å². The minimum absolute atomic E-state index is 0.125. The lowest BCUT2D eigenvalue weighted by atomic mass is 10.1. The smallest absolute Gasteiger partial charge is 0.339 e. The van der Waals surface area contributed by atoms with Gasteiger partial charge in [0.1, 0.15) is 12.1 Å². The van der Waals surface area contributed by atoms with Crippen LogP contribution in [-0.4, -0.2) is 49.2 Å². The Hall–Kier alpha value is -2.21. The number of methoxy groups -OCH3 is 1. The molecular weight excluding hydrogens is 299 g/mol. The van der Waals surface area contributed by atoms with Gasteiger partial charge in [-0.2, -0.15) is 0 Å². The second kappa shape index (κ2) is 7.87. The summed E-state index contributed by atoms with van der Waals surface area (Å²) >= 11 is 0. The monoisotopic (exact) mass is 320 g/mol. The van der Waals surface area contributed by atoms with Crippen molar-refractivity contribution in [3.63, 3.8) is 0 Å². The van der Waals surface area contributed by atoms with Gasteiger partial charge in [-0.15, -0.1) is 0 Å². The summed E-state index contributed by atoms with van der Waals surface area (Å²) in [5.74, 6) is -0.867. The van der Waals surface area contributed by atoms with E-state index in [1.165, 1.54) is 19.4 Å². The van der Waals surface area contributed by atoms with E-state index >= 15 is 0 Å². The molecule has 1 aromatic heterocycles. The van der Waals surface area contributed by atoms with Gasteiger partial charge in [0, 0.05) is 18.1 Å². The maximum atomic E-state index is 14.1. The summed E-state index contributed by atoms with van der Waals surface area (Å²) in [6.45, 7) is 6.93. The summed E-state index contributed by atoms with van der Waals surface area (Å²) < 4.78 is 24.2. The lowest BCUT2D eigenvalue weighted by Crippen LogP contribution is -2.27. The fourth-order valence-electron chi connectivity index (χ4n) is 2.31. The number of carbonyl (C=O) groups excluding carboxylic acids is 1. The number of benzene rings is 1. The number of fused-ring (bicyclic) bond motifs is 1. The fraction of sp³-hybridized carbons (Fsp3) is 0.412. The number of hydrogen-bond donors (Lipinski definition) is 0. The highest BCUT2D eigenvalue weighted by atomic mass is 19.1. The van der Waals surface area contributed by atoms with Crippen LogP contribution in [0.2, 0.25) is 0 Å². The van der Waals surface area contributed by atoms with Gasteiger partial charge in [-0.1, -0.05) is 13.8 Å². The Morgan fingerprint density at radius 3 is 2.70 bits per heavy atom. The van der Waals surface area contributed by atoms with Gasteiger partial charge in [0.15, 0.2) is 11.6 Å². The van der Waals surface area contributed by atoms with Crippen molar-refractivity contribution in [2.24, 2.45) is 0 Å². The van der Waals surface area contributed by atoms with E-state index < -0.39 is 11.8 Å². The van der Waals surface area contributed by atoms with Crippen molar-refractivity contribution in [3.8, 4) is 5.75 Å². The maximum Gasteiger partial charge on any atom is 0.339 e. The van der Waals surface area contributed by atoms with Crippen LogP contribution in [-0.2, 0) is 4.74 Å². The molecule has 0 unspecified atom stereocenters. The third-order valence-corrected chi connectivity index (χ3v) is 3.75. The minimum Gasteiger partial charge on any atom is -0.494 e. The zero-order valence-corrected chi connectivity index (χ0v) is 13.6. The van der Waals surface area contributed by atoms with Gasteiger partial charge in [0.05, 0.1) is 12.7 Å². The number of carbonyl (C=O) groups is 1. The Morgan fingerprint density at radius 1 is 1.30 bits per heavy atom. The Morgan fingerprint density at radius 2 is 2.04 bits per heavy atom. The summed E-state index contributed by atoms with van der Waals surface area (Å²) in [6.07, 6.45) is 1.32. The summed E-state index contributed by atoms with van der Waals surface area (Å²) in [5, 5.41) is 0.529. The molecular formula is C17H21FN2O3. The van der Waals surface area contributed by atoms with Crippen LogP contribution in [0.3, 0.4) is 0 Å². The molecule has 0 saturated carbocycles. The molecule has 2 rings (SSSR count). The van der Waals surface area contributed by atoms with Crippen LogP contribution >= 0.6 is 0 Å². The summed E-state index contributed by atoms with van der Waals surface area (Å²) in [6, 6.07) is 4.75. The number of pyridine rings is 1. The zero-order valence-electron chi connectivity index (χ0n) is 13.6. The molecule has 0 atom stereocenters. The second-order valence-corrected chi connectivity index (χ2v) is 5.04. The number of likely N-dealkylation sites (N-methyl/N-ethyl adjacent to an activating group) is 1. The molecule has 2 aromatic rings. The second-order valence-electron chi connectivity index (χ2n) is 5.04. The third kappa shape index (κ3) is 3.96. The van der Waals surface area contributed by atoms with E-state index in [9.17, 15) is 9.18 Å². The van der Waals surface area contributed by atoms with Crippen LogP contribution in [0.5, 0.6) is 5.75 Å².